The Morgan fingerprint density at radius 3 is 1.11 bits per heavy atom. The molecule has 0 fully saturated rings. The first kappa shape index (κ1) is 56.4. The fourth-order valence-electron chi connectivity index (χ4n) is 8.78. The average molecular weight is 1010 g/mol. The summed E-state index contributed by atoms with van der Waals surface area (Å²) in [5.74, 6) is -5.54. The maximum Gasteiger partial charge on any atom is 0.343 e. The lowest BCUT2D eigenvalue weighted by Gasteiger charge is -2.11. The Labute approximate surface area is 436 Å². The molecular weight excluding hydrogens is 935 g/mol. The van der Waals surface area contributed by atoms with Gasteiger partial charge in [0.1, 0.15) is 17.2 Å². The van der Waals surface area contributed by atoms with Crippen LogP contribution < -0.4 is 18.9 Å². The number of hydrogen-bond acceptors (Lipinski definition) is 8. The number of ether oxygens (including phenoxy) is 4. The van der Waals surface area contributed by atoms with Crippen molar-refractivity contribution < 1.29 is 46.9 Å². The molecule has 390 valence electrons. The van der Waals surface area contributed by atoms with Crippen LogP contribution in [0.15, 0.2) is 133 Å². The molecule has 0 amide bonds. The summed E-state index contributed by atoms with van der Waals surface area (Å²) in [4.78, 5) is 51.8. The molecule has 10 heteroatoms. The van der Waals surface area contributed by atoms with Gasteiger partial charge in [-0.2, -0.15) is 4.39 Å². The molecule has 0 bridgehead atoms. The number of rotatable bonds is 31. The third-order valence-corrected chi connectivity index (χ3v) is 13.2. The molecule has 0 unspecified atom stereocenters. The molecule has 0 saturated heterocycles. The standard InChI is InChI=1S/C64H72F2O8/c1-3-5-7-9-11-13-15-17-19-21-24-47-28-32-49(33-29-47)61(67)71-54-40-36-51(37-41-54)63(69)73-56-27-23-26-53(46-56)57-44-45-58(60(66)59(57)65)74-64(70)52-38-42-55(43-39-52)72-62(68)50-34-30-48(31-35-50)25-22-20-18-16-14-12-10-8-6-4-2/h23,26-46H,3-22,24-25H2,1-2H3. The lowest BCUT2D eigenvalue weighted by molar-refractivity contribution is 0.0717. The summed E-state index contributed by atoms with van der Waals surface area (Å²) in [6, 6.07) is 34.5. The van der Waals surface area contributed by atoms with Crippen molar-refractivity contribution in [2.75, 3.05) is 0 Å². The molecule has 0 aliphatic carbocycles. The van der Waals surface area contributed by atoms with Crippen molar-refractivity contribution in [3.8, 4) is 34.1 Å². The van der Waals surface area contributed by atoms with Crippen LogP contribution in [0.5, 0.6) is 23.0 Å². The Morgan fingerprint density at radius 1 is 0.351 bits per heavy atom. The van der Waals surface area contributed by atoms with E-state index in [9.17, 15) is 19.2 Å². The molecular formula is C64H72F2O8. The highest BCUT2D eigenvalue weighted by atomic mass is 19.2. The molecule has 0 atom stereocenters. The van der Waals surface area contributed by atoms with Gasteiger partial charge in [0.2, 0.25) is 5.82 Å². The topological polar surface area (TPSA) is 105 Å². The van der Waals surface area contributed by atoms with Crippen LogP contribution in [0.1, 0.15) is 195 Å². The highest BCUT2D eigenvalue weighted by Gasteiger charge is 2.21. The number of hydrogen-bond donors (Lipinski definition) is 0. The maximum atomic E-state index is 15.6. The van der Waals surface area contributed by atoms with Crippen LogP contribution in [-0.4, -0.2) is 23.9 Å². The average Bonchev–Trinajstić information content (AvgIpc) is 3.41. The molecule has 6 aromatic carbocycles. The molecule has 0 saturated carbocycles. The van der Waals surface area contributed by atoms with Crippen molar-refractivity contribution in [3.63, 3.8) is 0 Å². The van der Waals surface area contributed by atoms with E-state index < -0.39 is 41.3 Å². The Hall–Kier alpha value is -6.94. The summed E-state index contributed by atoms with van der Waals surface area (Å²) in [5.41, 5.74) is 3.37. The Morgan fingerprint density at radius 2 is 0.703 bits per heavy atom. The second-order valence-electron chi connectivity index (χ2n) is 19.1. The zero-order valence-corrected chi connectivity index (χ0v) is 43.3. The molecule has 0 spiro atoms. The minimum absolute atomic E-state index is 0.0189. The van der Waals surface area contributed by atoms with E-state index >= 15 is 8.78 Å². The third-order valence-electron chi connectivity index (χ3n) is 13.2. The van der Waals surface area contributed by atoms with Crippen LogP contribution >= 0.6 is 0 Å². The zero-order valence-electron chi connectivity index (χ0n) is 43.3. The van der Waals surface area contributed by atoms with E-state index in [1.807, 2.05) is 24.3 Å². The van der Waals surface area contributed by atoms with Crippen LogP contribution in [0, 0.1) is 11.6 Å². The van der Waals surface area contributed by atoms with Gasteiger partial charge in [0.25, 0.3) is 0 Å². The van der Waals surface area contributed by atoms with Crippen molar-refractivity contribution in [1.29, 1.82) is 0 Å². The number of halogens is 2. The highest BCUT2D eigenvalue weighted by Crippen LogP contribution is 2.33. The first-order valence-corrected chi connectivity index (χ1v) is 27.0. The first-order valence-electron chi connectivity index (χ1n) is 27.0. The molecule has 0 aliphatic heterocycles. The van der Waals surface area contributed by atoms with Gasteiger partial charge in [-0.15, -0.1) is 0 Å². The van der Waals surface area contributed by atoms with Crippen LogP contribution in [0.25, 0.3) is 11.1 Å². The van der Waals surface area contributed by atoms with Crippen LogP contribution in [-0.2, 0) is 12.8 Å². The fraction of sp³-hybridized carbons (Fsp3) is 0.375. The van der Waals surface area contributed by atoms with Crippen LogP contribution in [0.4, 0.5) is 8.78 Å². The quantitative estimate of drug-likeness (QED) is 0.0241. The van der Waals surface area contributed by atoms with E-state index in [1.54, 1.807) is 24.3 Å². The number of benzene rings is 6. The van der Waals surface area contributed by atoms with Crippen molar-refractivity contribution in [3.05, 3.63) is 178 Å². The SMILES string of the molecule is CCCCCCCCCCCCc1ccc(C(=O)Oc2ccc(C(=O)Oc3cccc(-c4ccc(OC(=O)c5ccc(OC(=O)c6ccc(CCCCCCCCCCCC)cc6)cc5)c(F)c4F)c3)cc2)cc1. The molecule has 0 heterocycles. The molecule has 6 rings (SSSR count). The lowest BCUT2D eigenvalue weighted by Crippen LogP contribution is -2.11. The number of unbranched alkanes of at least 4 members (excludes halogenated alkanes) is 18. The largest absolute Gasteiger partial charge is 0.423 e. The molecule has 0 aromatic heterocycles. The summed E-state index contributed by atoms with van der Waals surface area (Å²) in [7, 11) is 0. The number of carbonyl (C=O) groups is 4. The fourth-order valence-corrected chi connectivity index (χ4v) is 8.78. The van der Waals surface area contributed by atoms with Gasteiger partial charge in [-0.25, -0.2) is 23.6 Å². The van der Waals surface area contributed by atoms with Gasteiger partial charge in [-0.1, -0.05) is 166 Å². The van der Waals surface area contributed by atoms with Crippen molar-refractivity contribution in [2.24, 2.45) is 0 Å². The van der Waals surface area contributed by atoms with Gasteiger partial charge in [0.05, 0.1) is 22.3 Å². The van der Waals surface area contributed by atoms with E-state index in [-0.39, 0.29) is 39.5 Å². The summed E-state index contributed by atoms with van der Waals surface area (Å²) in [5, 5.41) is 0. The Balaban J connectivity index is 0.920. The lowest BCUT2D eigenvalue weighted by atomic mass is 10.0. The Kier molecular flexibility index (Phi) is 23.6. The van der Waals surface area contributed by atoms with Crippen molar-refractivity contribution in [2.45, 2.75) is 155 Å². The Bertz CT molecular complexity index is 2680. The van der Waals surface area contributed by atoms with Gasteiger partial charge in [-0.3, -0.25) is 0 Å². The monoisotopic (exact) mass is 1010 g/mol. The third kappa shape index (κ3) is 18.5. The van der Waals surface area contributed by atoms with Gasteiger partial charge in [0.15, 0.2) is 11.6 Å². The number of esters is 4. The normalized spacial score (nSPS) is 11.0. The molecule has 0 aliphatic rings. The second kappa shape index (κ2) is 30.9. The molecule has 8 nitrogen and oxygen atoms in total. The smallest absolute Gasteiger partial charge is 0.343 e. The van der Waals surface area contributed by atoms with E-state index in [2.05, 4.69) is 13.8 Å². The molecule has 0 radical (unpaired) electrons. The summed E-state index contributed by atoms with van der Waals surface area (Å²) >= 11 is 0. The van der Waals surface area contributed by atoms with Crippen molar-refractivity contribution in [1.82, 2.24) is 0 Å². The summed E-state index contributed by atoms with van der Waals surface area (Å²) < 4.78 is 52.8. The molecule has 74 heavy (non-hydrogen) atoms. The van der Waals surface area contributed by atoms with Crippen LogP contribution in [0.3, 0.4) is 0 Å². The first-order chi connectivity index (χ1) is 36.1. The van der Waals surface area contributed by atoms with E-state index in [4.69, 9.17) is 18.9 Å². The van der Waals surface area contributed by atoms with Crippen LogP contribution in [0.2, 0.25) is 0 Å². The molecule has 0 N–H and O–H groups in total. The number of carbonyl (C=O) groups excluding carboxylic acids is 4. The summed E-state index contributed by atoms with van der Waals surface area (Å²) in [6.45, 7) is 4.48. The van der Waals surface area contributed by atoms with Gasteiger partial charge in [-0.05, 0) is 139 Å². The highest BCUT2D eigenvalue weighted by molar-refractivity contribution is 5.94. The predicted octanol–water partition coefficient (Wildman–Crippen LogP) is 17.4. The minimum Gasteiger partial charge on any atom is -0.423 e. The van der Waals surface area contributed by atoms with E-state index in [1.165, 1.54) is 200 Å². The second-order valence-corrected chi connectivity index (χ2v) is 19.1. The van der Waals surface area contributed by atoms with E-state index in [0.29, 0.717) is 11.1 Å². The van der Waals surface area contributed by atoms with E-state index in [0.717, 1.165) is 37.3 Å². The zero-order chi connectivity index (χ0) is 52.3. The van der Waals surface area contributed by atoms with Gasteiger partial charge >= 0.3 is 23.9 Å². The number of aryl methyl sites for hydroxylation is 2. The maximum absolute atomic E-state index is 15.6. The van der Waals surface area contributed by atoms with Crippen molar-refractivity contribution >= 4 is 23.9 Å². The minimum atomic E-state index is -1.39. The predicted molar refractivity (Wildman–Crippen MR) is 288 cm³/mol. The van der Waals surface area contributed by atoms with Gasteiger partial charge < -0.3 is 18.9 Å². The summed E-state index contributed by atoms with van der Waals surface area (Å²) in [6.07, 6.45) is 27.5. The van der Waals surface area contributed by atoms with Gasteiger partial charge in [0, 0.05) is 5.56 Å². The molecule has 6 aromatic rings.